The third kappa shape index (κ3) is 3.65. The van der Waals surface area contributed by atoms with E-state index in [1.807, 2.05) is 0 Å². The first-order valence-electron chi connectivity index (χ1n) is 11.6. The van der Waals surface area contributed by atoms with Crippen LogP contribution in [0.15, 0.2) is 23.0 Å². The molecule has 0 heterocycles. The SMILES string of the molecule is CN(CCF)Cc1cc(N(C)C)c2c(c1O)C(O)=C1C(=O)C3(O)C(O)=C(C(N)=O)C(=O)CC3CC1C2. The Morgan fingerprint density at radius 3 is 2.44 bits per heavy atom. The highest BCUT2D eigenvalue weighted by Gasteiger charge is 2.60. The quantitative estimate of drug-likeness (QED) is 0.355. The normalized spacial score (nSPS) is 25.6. The minimum absolute atomic E-state index is 0.0250. The molecule has 0 bridgehead atoms. The van der Waals surface area contributed by atoms with Gasteiger partial charge in [0.25, 0.3) is 5.91 Å². The largest absolute Gasteiger partial charge is 0.508 e. The van der Waals surface area contributed by atoms with Crippen LogP contribution in [-0.2, 0) is 27.3 Å². The molecule has 1 saturated carbocycles. The number of amides is 1. The van der Waals surface area contributed by atoms with Crippen LogP contribution in [0.1, 0.15) is 29.5 Å². The van der Waals surface area contributed by atoms with Crippen molar-refractivity contribution in [3.63, 3.8) is 0 Å². The van der Waals surface area contributed by atoms with E-state index in [0.29, 0.717) is 16.8 Å². The van der Waals surface area contributed by atoms with Gasteiger partial charge in [0.2, 0.25) is 5.78 Å². The molecule has 3 aliphatic rings. The van der Waals surface area contributed by atoms with E-state index >= 15 is 0 Å². The number of primary amides is 1. The first-order valence-corrected chi connectivity index (χ1v) is 11.6. The van der Waals surface area contributed by atoms with Gasteiger partial charge in [0.15, 0.2) is 11.4 Å². The van der Waals surface area contributed by atoms with Crippen LogP contribution in [0, 0.1) is 11.8 Å². The van der Waals surface area contributed by atoms with Gasteiger partial charge in [-0.05, 0) is 37.4 Å². The number of aliphatic hydroxyl groups is 3. The fourth-order valence-corrected chi connectivity index (χ4v) is 5.76. The number of hydrogen-bond acceptors (Lipinski definition) is 9. The summed E-state index contributed by atoms with van der Waals surface area (Å²) in [6, 6.07) is 1.75. The number of carbonyl (C=O) groups is 3. The van der Waals surface area contributed by atoms with E-state index in [2.05, 4.69) is 0 Å². The zero-order valence-corrected chi connectivity index (χ0v) is 20.3. The molecular formula is C25H30FN3O7. The van der Waals surface area contributed by atoms with Gasteiger partial charge in [0, 0.05) is 56.3 Å². The maximum atomic E-state index is 13.6. The fraction of sp³-hybridized carbons (Fsp3) is 0.480. The Balaban J connectivity index is 1.91. The first-order chi connectivity index (χ1) is 16.8. The lowest BCUT2D eigenvalue weighted by Crippen LogP contribution is -2.58. The Morgan fingerprint density at radius 2 is 1.86 bits per heavy atom. The molecule has 3 aliphatic carbocycles. The predicted octanol–water partition coefficient (Wildman–Crippen LogP) is 0.891. The lowest BCUT2D eigenvalue weighted by Gasteiger charge is -2.46. The fourth-order valence-electron chi connectivity index (χ4n) is 5.76. The lowest BCUT2D eigenvalue weighted by atomic mass is 9.59. The Bertz CT molecular complexity index is 1240. The van der Waals surface area contributed by atoms with Crippen molar-refractivity contribution in [2.75, 3.05) is 39.3 Å². The first kappa shape index (κ1) is 25.6. The van der Waals surface area contributed by atoms with Gasteiger partial charge in [-0.3, -0.25) is 19.3 Å². The molecule has 10 nitrogen and oxygen atoms in total. The molecule has 3 unspecified atom stereocenters. The van der Waals surface area contributed by atoms with Gasteiger partial charge >= 0.3 is 0 Å². The van der Waals surface area contributed by atoms with Crippen LogP contribution in [0.4, 0.5) is 10.1 Å². The van der Waals surface area contributed by atoms with E-state index in [-0.39, 0.29) is 49.2 Å². The number of anilines is 1. The number of hydrogen-bond donors (Lipinski definition) is 5. The molecule has 6 N–H and O–H groups in total. The number of Topliss-reactive ketones (excluding diaryl/α,β-unsaturated/α-hetero) is 2. The number of rotatable bonds is 6. The summed E-state index contributed by atoms with van der Waals surface area (Å²) in [5, 5.41) is 44.5. The number of alkyl halides is 1. The maximum Gasteiger partial charge on any atom is 0.255 e. The number of benzene rings is 1. The highest BCUT2D eigenvalue weighted by atomic mass is 19.1. The predicted molar refractivity (Wildman–Crippen MR) is 128 cm³/mol. The molecule has 3 atom stereocenters. The van der Waals surface area contributed by atoms with Crippen molar-refractivity contribution >= 4 is 28.9 Å². The Labute approximate surface area is 207 Å². The maximum absolute atomic E-state index is 13.6. The van der Waals surface area contributed by atoms with Crippen LogP contribution < -0.4 is 10.6 Å². The number of phenolic OH excluding ortho intramolecular Hbond substituents is 1. The minimum Gasteiger partial charge on any atom is -0.508 e. The second-order valence-corrected chi connectivity index (χ2v) is 9.98. The van der Waals surface area contributed by atoms with E-state index in [1.165, 1.54) is 0 Å². The Morgan fingerprint density at radius 1 is 1.19 bits per heavy atom. The average molecular weight is 504 g/mol. The second-order valence-electron chi connectivity index (χ2n) is 9.98. The smallest absolute Gasteiger partial charge is 0.255 e. The second kappa shape index (κ2) is 8.90. The molecule has 0 aliphatic heterocycles. The van der Waals surface area contributed by atoms with Crippen molar-refractivity contribution in [1.82, 2.24) is 4.90 Å². The molecule has 11 heteroatoms. The molecule has 0 radical (unpaired) electrons. The summed E-state index contributed by atoms with van der Waals surface area (Å²) < 4.78 is 12.8. The summed E-state index contributed by atoms with van der Waals surface area (Å²) >= 11 is 0. The molecule has 4 rings (SSSR count). The van der Waals surface area contributed by atoms with Gasteiger partial charge in [-0.2, -0.15) is 0 Å². The number of ketones is 2. The summed E-state index contributed by atoms with van der Waals surface area (Å²) in [6.45, 7) is -0.285. The molecule has 194 valence electrons. The molecular weight excluding hydrogens is 473 g/mol. The summed E-state index contributed by atoms with van der Waals surface area (Å²) in [7, 11) is 5.26. The van der Waals surface area contributed by atoms with Crippen molar-refractivity contribution in [2.24, 2.45) is 17.6 Å². The molecule has 36 heavy (non-hydrogen) atoms. The number of nitrogens with two attached hydrogens (primary N) is 1. The number of halogens is 1. The van der Waals surface area contributed by atoms with Crippen LogP contribution in [-0.4, -0.2) is 82.8 Å². The molecule has 1 amide bonds. The van der Waals surface area contributed by atoms with Gasteiger partial charge in [-0.15, -0.1) is 0 Å². The molecule has 1 fully saturated rings. The van der Waals surface area contributed by atoms with Crippen LogP contribution in [0.2, 0.25) is 0 Å². The lowest BCUT2D eigenvalue weighted by molar-refractivity contribution is -0.147. The van der Waals surface area contributed by atoms with E-state index in [4.69, 9.17) is 5.73 Å². The summed E-state index contributed by atoms with van der Waals surface area (Å²) in [4.78, 5) is 41.3. The summed E-state index contributed by atoms with van der Waals surface area (Å²) in [6.07, 6.45) is -0.0821. The van der Waals surface area contributed by atoms with Gasteiger partial charge in [0.05, 0.1) is 5.56 Å². The molecule has 1 aromatic rings. The van der Waals surface area contributed by atoms with E-state index < -0.39 is 58.7 Å². The van der Waals surface area contributed by atoms with Crippen LogP contribution in [0.25, 0.3) is 5.76 Å². The highest BCUT2D eigenvalue weighted by molar-refractivity contribution is 6.22. The van der Waals surface area contributed by atoms with Crippen molar-refractivity contribution in [1.29, 1.82) is 0 Å². The van der Waals surface area contributed by atoms with Gasteiger partial charge in [-0.25, -0.2) is 4.39 Å². The van der Waals surface area contributed by atoms with E-state index in [1.54, 1.807) is 37.0 Å². The van der Waals surface area contributed by atoms with Crippen LogP contribution in [0.3, 0.4) is 0 Å². The number of aromatic hydroxyl groups is 1. The monoisotopic (exact) mass is 503 g/mol. The average Bonchev–Trinajstić information content (AvgIpc) is 2.77. The van der Waals surface area contributed by atoms with Crippen molar-refractivity contribution in [2.45, 2.75) is 31.4 Å². The minimum atomic E-state index is -2.60. The molecule has 0 saturated heterocycles. The third-order valence-electron chi connectivity index (χ3n) is 7.51. The van der Waals surface area contributed by atoms with Gasteiger partial charge in [-0.1, -0.05) is 0 Å². The summed E-state index contributed by atoms with van der Waals surface area (Å²) in [5.41, 5.74) is 3.28. The summed E-state index contributed by atoms with van der Waals surface area (Å²) in [5.74, 6) is -6.61. The van der Waals surface area contributed by atoms with Crippen molar-refractivity contribution < 1.29 is 39.2 Å². The standard InChI is InChI=1S/C25H30FN3O7/c1-28(2)15-8-12(10-29(3)5-4-26)20(31)18-14(15)7-11-6-13-9-16(30)19(24(27)35)23(34)25(13,36)22(33)17(11)21(18)32/h8,11,13,31-32,34,36H,4-7,9-10H2,1-3H3,(H2,27,35). The van der Waals surface area contributed by atoms with Crippen LogP contribution >= 0.6 is 0 Å². The topological polar surface area (TPSA) is 165 Å². The van der Waals surface area contributed by atoms with E-state index in [9.17, 15) is 39.2 Å². The number of fused-ring (bicyclic) bond motifs is 3. The van der Waals surface area contributed by atoms with Gasteiger partial charge in [0.1, 0.15) is 29.5 Å². The zero-order valence-electron chi connectivity index (χ0n) is 20.3. The number of aliphatic hydroxyl groups excluding tert-OH is 2. The number of phenols is 1. The number of carbonyl (C=O) groups excluding carboxylic acids is 3. The van der Waals surface area contributed by atoms with Crippen molar-refractivity contribution in [3.05, 3.63) is 39.7 Å². The molecule has 1 aromatic carbocycles. The Kier molecular flexibility index (Phi) is 6.34. The zero-order chi connectivity index (χ0) is 26.7. The third-order valence-corrected chi connectivity index (χ3v) is 7.51. The van der Waals surface area contributed by atoms with Crippen molar-refractivity contribution in [3.8, 4) is 5.75 Å². The van der Waals surface area contributed by atoms with Gasteiger partial charge < -0.3 is 31.1 Å². The molecule has 0 spiro atoms. The Hall–Kier alpha value is -3.44. The number of nitrogens with zero attached hydrogens (tertiary/aromatic N) is 2. The highest BCUT2D eigenvalue weighted by Crippen LogP contribution is 2.53. The van der Waals surface area contributed by atoms with Crippen LogP contribution in [0.5, 0.6) is 5.75 Å². The molecule has 0 aromatic heterocycles. The van der Waals surface area contributed by atoms with E-state index in [0.717, 1.165) is 0 Å².